The van der Waals surface area contributed by atoms with Gasteiger partial charge in [-0.25, -0.2) is 9.59 Å². The van der Waals surface area contributed by atoms with Crippen LogP contribution in [0.5, 0.6) is 0 Å². The molecule has 0 bridgehead atoms. The first-order valence-electron chi connectivity index (χ1n) is 8.32. The molecule has 25 heavy (non-hydrogen) atoms. The van der Waals surface area contributed by atoms with Crippen molar-refractivity contribution in [2.24, 2.45) is 0 Å². The number of allylic oxidation sites excluding steroid dienone is 1. The van der Waals surface area contributed by atoms with E-state index in [1.54, 1.807) is 6.92 Å². The molecule has 0 amide bonds. The number of aryl methyl sites for hydroxylation is 2. The molecular formula is C20H25NO4. The normalized spacial score (nSPS) is 11.7. The molecule has 0 saturated heterocycles. The molecule has 1 heterocycles. The Kier molecular flexibility index (Phi) is 5.67. The van der Waals surface area contributed by atoms with Crippen LogP contribution in [0.2, 0.25) is 0 Å². The first-order chi connectivity index (χ1) is 11.8. The van der Waals surface area contributed by atoms with Crippen molar-refractivity contribution < 1.29 is 19.1 Å². The molecule has 0 saturated carbocycles. The van der Waals surface area contributed by atoms with E-state index >= 15 is 0 Å². The summed E-state index contributed by atoms with van der Waals surface area (Å²) in [6.45, 7) is 10.5. The van der Waals surface area contributed by atoms with E-state index < -0.39 is 5.97 Å². The summed E-state index contributed by atoms with van der Waals surface area (Å²) >= 11 is 0. The molecule has 0 spiro atoms. The minimum absolute atomic E-state index is 0.333. The van der Waals surface area contributed by atoms with Gasteiger partial charge in [0.25, 0.3) is 0 Å². The van der Waals surface area contributed by atoms with Crippen molar-refractivity contribution in [1.29, 1.82) is 0 Å². The molecular weight excluding hydrogens is 318 g/mol. The monoisotopic (exact) mass is 343 g/mol. The number of rotatable bonds is 5. The van der Waals surface area contributed by atoms with Gasteiger partial charge in [-0.15, -0.1) is 0 Å². The minimum Gasteiger partial charge on any atom is -0.464 e. The number of carbonyl (C=O) groups is 2. The Balaban J connectivity index is 2.60. The molecule has 0 aliphatic carbocycles. The molecule has 0 atom stereocenters. The van der Waals surface area contributed by atoms with E-state index in [1.165, 1.54) is 18.7 Å². The maximum atomic E-state index is 12.2. The van der Waals surface area contributed by atoms with Gasteiger partial charge in [0, 0.05) is 23.5 Å². The zero-order valence-corrected chi connectivity index (χ0v) is 15.7. The highest BCUT2D eigenvalue weighted by Gasteiger charge is 2.19. The van der Waals surface area contributed by atoms with E-state index in [-0.39, 0.29) is 5.97 Å². The van der Waals surface area contributed by atoms with Gasteiger partial charge >= 0.3 is 11.9 Å². The molecule has 2 rings (SSSR count). The van der Waals surface area contributed by atoms with Crippen LogP contribution in [-0.2, 0) is 20.8 Å². The highest BCUT2D eigenvalue weighted by Crippen LogP contribution is 2.29. The van der Waals surface area contributed by atoms with Gasteiger partial charge in [-0.2, -0.15) is 0 Å². The van der Waals surface area contributed by atoms with Gasteiger partial charge in [-0.1, -0.05) is 0 Å². The van der Waals surface area contributed by atoms with E-state index in [4.69, 9.17) is 9.47 Å². The van der Waals surface area contributed by atoms with Gasteiger partial charge in [0.15, 0.2) is 0 Å². The first kappa shape index (κ1) is 18.8. The van der Waals surface area contributed by atoms with E-state index in [2.05, 4.69) is 26.8 Å². The number of aromatic nitrogens is 1. The minimum atomic E-state index is -0.394. The Morgan fingerprint density at radius 3 is 2.44 bits per heavy atom. The third-order valence-corrected chi connectivity index (χ3v) is 4.50. The molecule has 5 heteroatoms. The lowest BCUT2D eigenvalue weighted by Crippen LogP contribution is -2.12. The van der Waals surface area contributed by atoms with Crippen molar-refractivity contribution >= 4 is 22.8 Å². The number of esters is 2. The van der Waals surface area contributed by atoms with Gasteiger partial charge < -0.3 is 14.0 Å². The molecule has 1 aromatic heterocycles. The predicted octanol–water partition coefficient (Wildman–Crippen LogP) is 3.86. The van der Waals surface area contributed by atoms with Crippen molar-refractivity contribution in [2.75, 3.05) is 13.7 Å². The zero-order valence-electron chi connectivity index (χ0n) is 15.7. The molecule has 0 unspecified atom stereocenters. The molecule has 2 aromatic rings. The second-order valence-corrected chi connectivity index (χ2v) is 6.23. The third kappa shape index (κ3) is 3.76. The van der Waals surface area contributed by atoms with Crippen LogP contribution < -0.4 is 0 Å². The summed E-state index contributed by atoms with van der Waals surface area (Å²) in [5, 5.41) is 1.02. The first-order valence-corrected chi connectivity index (χ1v) is 8.32. The predicted molar refractivity (Wildman–Crippen MR) is 97.9 cm³/mol. The summed E-state index contributed by atoms with van der Waals surface area (Å²) in [7, 11) is 1.37. The highest BCUT2D eigenvalue weighted by atomic mass is 16.5. The van der Waals surface area contributed by atoms with E-state index in [9.17, 15) is 9.59 Å². The summed E-state index contributed by atoms with van der Waals surface area (Å²) in [4.78, 5) is 23.9. The summed E-state index contributed by atoms with van der Waals surface area (Å²) in [5.41, 5.74) is 5.75. The van der Waals surface area contributed by atoms with Gasteiger partial charge in [-0.3, -0.25) is 0 Å². The maximum absolute atomic E-state index is 12.2. The second kappa shape index (κ2) is 7.55. The zero-order chi connectivity index (χ0) is 18.7. The molecule has 134 valence electrons. The van der Waals surface area contributed by atoms with Crippen molar-refractivity contribution in [3.63, 3.8) is 0 Å². The third-order valence-electron chi connectivity index (χ3n) is 4.50. The lowest BCUT2D eigenvalue weighted by molar-refractivity contribution is -0.137. The van der Waals surface area contributed by atoms with Crippen molar-refractivity contribution in [3.8, 4) is 0 Å². The van der Waals surface area contributed by atoms with Crippen molar-refractivity contribution in [1.82, 2.24) is 4.57 Å². The summed E-state index contributed by atoms with van der Waals surface area (Å²) in [6.07, 6.45) is 1.46. The van der Waals surface area contributed by atoms with E-state index in [0.29, 0.717) is 18.8 Å². The Bertz CT molecular complexity index is 858. The number of fused-ring (bicyclic) bond motifs is 1. The van der Waals surface area contributed by atoms with Crippen LogP contribution in [0.3, 0.4) is 0 Å². The Morgan fingerprint density at radius 2 is 1.84 bits per heavy atom. The van der Waals surface area contributed by atoms with Crippen LogP contribution in [0, 0.1) is 20.8 Å². The molecule has 0 N–H and O–H groups in total. The van der Waals surface area contributed by atoms with Crippen LogP contribution in [0.4, 0.5) is 0 Å². The van der Waals surface area contributed by atoms with E-state index in [0.717, 1.165) is 27.6 Å². The fourth-order valence-corrected chi connectivity index (χ4v) is 2.96. The Hall–Kier alpha value is -2.56. The van der Waals surface area contributed by atoms with Gasteiger partial charge in [-0.05, 0) is 69.0 Å². The van der Waals surface area contributed by atoms with Crippen LogP contribution in [0.25, 0.3) is 10.9 Å². The molecule has 5 nitrogen and oxygen atoms in total. The number of benzene rings is 1. The Morgan fingerprint density at radius 1 is 1.16 bits per heavy atom. The Labute approximate surface area is 148 Å². The van der Waals surface area contributed by atoms with Crippen LogP contribution >= 0.6 is 0 Å². The smallest absolute Gasteiger partial charge is 0.354 e. The second-order valence-electron chi connectivity index (χ2n) is 6.23. The van der Waals surface area contributed by atoms with Gasteiger partial charge in [0.1, 0.15) is 5.69 Å². The summed E-state index contributed by atoms with van der Waals surface area (Å²) in [5.74, 6) is -0.769. The number of ether oxygens (including phenoxy) is 2. The topological polar surface area (TPSA) is 57.5 Å². The van der Waals surface area contributed by atoms with Crippen LogP contribution in [0.15, 0.2) is 23.8 Å². The lowest BCUT2D eigenvalue weighted by atomic mass is 10.0. The molecule has 1 aromatic carbocycles. The van der Waals surface area contributed by atoms with Crippen molar-refractivity contribution in [2.45, 2.75) is 41.2 Å². The number of hydrogen-bond acceptors (Lipinski definition) is 4. The van der Waals surface area contributed by atoms with Crippen LogP contribution in [-0.4, -0.2) is 30.2 Å². The average molecular weight is 343 g/mol. The molecule has 0 aliphatic rings. The number of methoxy groups -OCH3 is 1. The molecule has 0 fully saturated rings. The number of nitrogens with zero attached hydrogens (tertiary/aromatic N) is 1. The standard InChI is InChI=1S/C20H25NO4/c1-7-25-19(22)8-12(2)11-21-17-9-13(3)14(4)15(5)16(17)10-18(21)20(23)24-6/h8-10H,7,11H2,1-6H3/b12-8+. The molecule has 0 aliphatic heterocycles. The van der Waals surface area contributed by atoms with Gasteiger partial charge in [0.2, 0.25) is 0 Å². The van der Waals surface area contributed by atoms with Crippen molar-refractivity contribution in [3.05, 3.63) is 46.2 Å². The number of carbonyl (C=O) groups excluding carboxylic acids is 2. The molecule has 0 radical (unpaired) electrons. The fourth-order valence-electron chi connectivity index (χ4n) is 2.96. The fraction of sp³-hybridized carbons (Fsp3) is 0.400. The average Bonchev–Trinajstić information content (AvgIpc) is 2.90. The maximum Gasteiger partial charge on any atom is 0.354 e. The highest BCUT2D eigenvalue weighted by molar-refractivity contribution is 5.97. The largest absolute Gasteiger partial charge is 0.464 e. The lowest BCUT2D eigenvalue weighted by Gasteiger charge is -2.12. The van der Waals surface area contributed by atoms with Gasteiger partial charge in [0.05, 0.1) is 13.7 Å². The van der Waals surface area contributed by atoms with Crippen LogP contribution in [0.1, 0.15) is 41.0 Å². The SMILES string of the molecule is CCOC(=O)/C=C(\C)Cn1c(C(=O)OC)cc2c(C)c(C)c(C)cc21. The summed E-state index contributed by atoms with van der Waals surface area (Å²) < 4.78 is 11.8. The summed E-state index contributed by atoms with van der Waals surface area (Å²) in [6, 6.07) is 3.93. The quantitative estimate of drug-likeness (QED) is 0.611. The number of hydrogen-bond donors (Lipinski definition) is 0. The van der Waals surface area contributed by atoms with E-state index in [1.807, 2.05) is 17.6 Å².